The normalized spacial score (nSPS) is 17.8. The van der Waals surface area contributed by atoms with E-state index in [-0.39, 0.29) is 5.78 Å². The first-order valence-corrected chi connectivity index (χ1v) is 7.35. The molecule has 0 bridgehead atoms. The van der Waals surface area contributed by atoms with Gasteiger partial charge in [-0.2, -0.15) is 0 Å². The Morgan fingerprint density at radius 1 is 1.26 bits per heavy atom. The lowest BCUT2D eigenvalue weighted by atomic mass is 9.82. The predicted molar refractivity (Wildman–Crippen MR) is 79.3 cm³/mol. The van der Waals surface area contributed by atoms with Gasteiger partial charge in [-0.25, -0.2) is 0 Å². The third-order valence-electron chi connectivity index (χ3n) is 4.06. The third-order valence-corrected chi connectivity index (χ3v) is 4.06. The molecule has 0 unspecified atom stereocenters. The quantitative estimate of drug-likeness (QED) is 0.523. The SMILES string of the molecule is C=C(C=CCC)C(=O)C(CC)(CC)N1CCOCC1. The van der Waals surface area contributed by atoms with Gasteiger partial charge in [0, 0.05) is 18.7 Å². The molecular weight excluding hydrogens is 238 g/mol. The average Bonchev–Trinajstić information content (AvgIpc) is 2.47. The monoisotopic (exact) mass is 265 g/mol. The lowest BCUT2D eigenvalue weighted by Gasteiger charge is -2.43. The molecule has 108 valence electrons. The Labute approximate surface area is 117 Å². The Hall–Kier alpha value is -0.930. The van der Waals surface area contributed by atoms with Crippen LogP contribution in [0.4, 0.5) is 0 Å². The van der Waals surface area contributed by atoms with Crippen molar-refractivity contribution in [3.8, 4) is 0 Å². The van der Waals surface area contributed by atoms with Gasteiger partial charge in [0.25, 0.3) is 0 Å². The number of Topliss-reactive ketones (excluding diaryl/α,β-unsaturated/α-hetero) is 1. The Balaban J connectivity index is 2.93. The summed E-state index contributed by atoms with van der Waals surface area (Å²) in [6.45, 7) is 13.3. The zero-order valence-electron chi connectivity index (χ0n) is 12.6. The molecule has 0 atom stereocenters. The zero-order chi connectivity index (χ0) is 14.3. The molecule has 0 amide bonds. The minimum absolute atomic E-state index is 0.170. The minimum atomic E-state index is -0.404. The molecule has 1 saturated heterocycles. The molecule has 3 heteroatoms. The summed E-state index contributed by atoms with van der Waals surface area (Å²) in [5.41, 5.74) is 0.218. The first kappa shape index (κ1) is 16.1. The van der Waals surface area contributed by atoms with E-state index in [9.17, 15) is 4.79 Å². The van der Waals surface area contributed by atoms with E-state index >= 15 is 0 Å². The molecule has 0 aliphatic carbocycles. The van der Waals surface area contributed by atoms with Gasteiger partial charge in [0.1, 0.15) is 0 Å². The van der Waals surface area contributed by atoms with E-state index in [0.717, 1.165) is 32.4 Å². The largest absolute Gasteiger partial charge is 0.379 e. The summed E-state index contributed by atoms with van der Waals surface area (Å²) >= 11 is 0. The standard InChI is InChI=1S/C16H27NO2/c1-5-8-9-14(4)15(18)16(6-2,7-3)17-10-12-19-13-11-17/h8-9H,4-7,10-13H2,1-3H3. The maximum atomic E-state index is 12.8. The number of carbonyl (C=O) groups excluding carboxylic acids is 1. The molecule has 0 aromatic heterocycles. The molecule has 0 N–H and O–H groups in total. The highest BCUT2D eigenvalue weighted by Crippen LogP contribution is 2.29. The van der Waals surface area contributed by atoms with Crippen molar-refractivity contribution in [2.24, 2.45) is 0 Å². The first-order chi connectivity index (χ1) is 9.12. The number of allylic oxidation sites excluding steroid dienone is 2. The highest BCUT2D eigenvalue weighted by Gasteiger charge is 2.41. The Morgan fingerprint density at radius 3 is 2.32 bits per heavy atom. The summed E-state index contributed by atoms with van der Waals surface area (Å²) in [5, 5.41) is 0. The van der Waals surface area contributed by atoms with Gasteiger partial charge < -0.3 is 4.74 Å². The van der Waals surface area contributed by atoms with Crippen molar-refractivity contribution in [1.29, 1.82) is 0 Å². The highest BCUT2D eigenvalue weighted by atomic mass is 16.5. The highest BCUT2D eigenvalue weighted by molar-refractivity contribution is 6.04. The second-order valence-corrected chi connectivity index (χ2v) is 5.00. The summed E-state index contributed by atoms with van der Waals surface area (Å²) in [6, 6.07) is 0. The van der Waals surface area contributed by atoms with E-state index in [0.29, 0.717) is 18.8 Å². The fourth-order valence-electron chi connectivity index (χ4n) is 2.79. The number of ketones is 1. The van der Waals surface area contributed by atoms with Crippen molar-refractivity contribution < 1.29 is 9.53 Å². The molecule has 1 aliphatic rings. The second-order valence-electron chi connectivity index (χ2n) is 5.00. The fraction of sp³-hybridized carbons (Fsp3) is 0.688. The van der Waals surface area contributed by atoms with Crippen molar-refractivity contribution >= 4 is 5.78 Å². The molecule has 0 radical (unpaired) electrons. The van der Waals surface area contributed by atoms with Crippen LogP contribution in [0, 0.1) is 0 Å². The number of ether oxygens (including phenoxy) is 1. The molecule has 1 heterocycles. The van der Waals surface area contributed by atoms with Gasteiger partial charge in [0.15, 0.2) is 5.78 Å². The zero-order valence-corrected chi connectivity index (χ0v) is 12.6. The van der Waals surface area contributed by atoms with Gasteiger partial charge in [-0.15, -0.1) is 0 Å². The first-order valence-electron chi connectivity index (χ1n) is 7.35. The summed E-state index contributed by atoms with van der Waals surface area (Å²) in [4.78, 5) is 15.1. The van der Waals surface area contributed by atoms with Gasteiger partial charge in [0.2, 0.25) is 0 Å². The number of hydrogen-bond donors (Lipinski definition) is 0. The van der Waals surface area contributed by atoms with Crippen LogP contribution in [0.2, 0.25) is 0 Å². The van der Waals surface area contributed by atoms with Crippen molar-refractivity contribution in [3.63, 3.8) is 0 Å². The van der Waals surface area contributed by atoms with Gasteiger partial charge in [-0.3, -0.25) is 9.69 Å². The van der Waals surface area contributed by atoms with E-state index in [1.54, 1.807) is 0 Å². The molecule has 1 fully saturated rings. The summed E-state index contributed by atoms with van der Waals surface area (Å²) in [5.74, 6) is 0.170. The molecule has 0 saturated carbocycles. The lowest BCUT2D eigenvalue weighted by Crippen LogP contribution is -2.57. The molecule has 0 aromatic carbocycles. The molecule has 19 heavy (non-hydrogen) atoms. The van der Waals surface area contributed by atoms with Crippen LogP contribution in [0.25, 0.3) is 0 Å². The van der Waals surface area contributed by atoms with Gasteiger partial charge >= 0.3 is 0 Å². The van der Waals surface area contributed by atoms with E-state index in [2.05, 4.69) is 32.3 Å². The van der Waals surface area contributed by atoms with Gasteiger partial charge in [-0.1, -0.05) is 39.5 Å². The lowest BCUT2D eigenvalue weighted by molar-refractivity contribution is -0.131. The maximum absolute atomic E-state index is 12.8. The smallest absolute Gasteiger partial charge is 0.182 e. The molecular formula is C16H27NO2. The van der Waals surface area contributed by atoms with Crippen molar-refractivity contribution in [2.75, 3.05) is 26.3 Å². The number of carbonyl (C=O) groups is 1. The minimum Gasteiger partial charge on any atom is -0.379 e. The van der Waals surface area contributed by atoms with Crippen LogP contribution in [0.5, 0.6) is 0 Å². The van der Waals surface area contributed by atoms with Crippen molar-refractivity contribution in [1.82, 2.24) is 4.90 Å². The van der Waals surface area contributed by atoms with E-state index in [1.165, 1.54) is 0 Å². The molecule has 1 rings (SSSR count). The fourth-order valence-corrected chi connectivity index (χ4v) is 2.79. The van der Waals surface area contributed by atoms with Crippen LogP contribution in [0.3, 0.4) is 0 Å². The Kier molecular flexibility index (Phi) is 6.46. The van der Waals surface area contributed by atoms with Gasteiger partial charge in [-0.05, 0) is 19.3 Å². The van der Waals surface area contributed by atoms with Crippen LogP contribution < -0.4 is 0 Å². The molecule has 0 aromatic rings. The van der Waals surface area contributed by atoms with Crippen LogP contribution in [0.1, 0.15) is 40.0 Å². The molecule has 1 aliphatic heterocycles. The Morgan fingerprint density at radius 2 is 1.84 bits per heavy atom. The third kappa shape index (κ3) is 3.54. The number of morpholine rings is 1. The van der Waals surface area contributed by atoms with Crippen molar-refractivity contribution in [3.05, 3.63) is 24.3 Å². The van der Waals surface area contributed by atoms with Crippen LogP contribution in [-0.2, 0) is 9.53 Å². The van der Waals surface area contributed by atoms with E-state index in [4.69, 9.17) is 4.74 Å². The summed E-state index contributed by atoms with van der Waals surface area (Å²) < 4.78 is 5.40. The van der Waals surface area contributed by atoms with Crippen LogP contribution >= 0.6 is 0 Å². The Bertz CT molecular complexity index is 337. The molecule has 3 nitrogen and oxygen atoms in total. The van der Waals surface area contributed by atoms with E-state index < -0.39 is 5.54 Å². The summed E-state index contributed by atoms with van der Waals surface area (Å²) in [6.07, 6.45) is 6.43. The number of rotatable bonds is 7. The van der Waals surface area contributed by atoms with Gasteiger partial charge in [0.05, 0.1) is 18.8 Å². The molecule has 0 spiro atoms. The van der Waals surface area contributed by atoms with Crippen LogP contribution in [0.15, 0.2) is 24.3 Å². The predicted octanol–water partition coefficient (Wildman–Crippen LogP) is 2.97. The summed E-state index contributed by atoms with van der Waals surface area (Å²) in [7, 11) is 0. The average molecular weight is 265 g/mol. The van der Waals surface area contributed by atoms with Crippen molar-refractivity contribution in [2.45, 2.75) is 45.6 Å². The number of hydrogen-bond acceptors (Lipinski definition) is 3. The number of nitrogens with zero attached hydrogens (tertiary/aromatic N) is 1. The second kappa shape index (κ2) is 7.61. The van der Waals surface area contributed by atoms with Crippen LogP contribution in [-0.4, -0.2) is 42.5 Å². The van der Waals surface area contributed by atoms with E-state index in [1.807, 2.05) is 12.2 Å². The topological polar surface area (TPSA) is 29.5 Å². The maximum Gasteiger partial charge on any atom is 0.182 e.